The summed E-state index contributed by atoms with van der Waals surface area (Å²) in [4.78, 5) is 12.7. The van der Waals surface area contributed by atoms with Gasteiger partial charge in [0.15, 0.2) is 11.7 Å². The molecule has 0 radical (unpaired) electrons. The number of aliphatic hydroxyl groups is 1. The van der Waals surface area contributed by atoms with Gasteiger partial charge < -0.3 is 9.84 Å². The first-order valence-electron chi connectivity index (χ1n) is 12.4. The second-order valence-corrected chi connectivity index (χ2v) is 10.3. The number of aryl methyl sites for hydroxylation is 1. The molecule has 1 fully saturated rings. The van der Waals surface area contributed by atoms with Gasteiger partial charge in [0.2, 0.25) is 5.90 Å². The number of nitrogens with one attached hydrogen (secondary N) is 2. The lowest BCUT2D eigenvalue weighted by Gasteiger charge is -2.25. The number of Topliss-reactive ketones (excluding diaryl/α,β-unsaturated/α-hetero) is 1. The smallest absolute Gasteiger partial charge is 0.220 e. The molecule has 1 saturated carbocycles. The minimum atomic E-state index is -0.700. The molecule has 2 aromatic rings. The van der Waals surface area contributed by atoms with Gasteiger partial charge in [0, 0.05) is 29.5 Å². The number of hydrogen-bond donors (Lipinski definition) is 3. The summed E-state index contributed by atoms with van der Waals surface area (Å²) >= 11 is 0. The standard InChI is InChI=1S/C21H22F2N2O2.C8H16O/c1-5-13-8-15(22)10-17(19(13)20(26)11(2)3)16-7-6-14(9-18(16)23)21(25)27-12(4)24;1-6(7-4-5-7)8(2,3)9/h6-11,24-25H,5H2,1-4H3;6-7,9H,4-5H2,1-3H3. The van der Waals surface area contributed by atoms with Crippen molar-refractivity contribution in [3.05, 3.63) is 58.7 Å². The van der Waals surface area contributed by atoms with Gasteiger partial charge in [-0.15, -0.1) is 0 Å². The summed E-state index contributed by atoms with van der Waals surface area (Å²) in [6, 6.07) is 6.40. The Morgan fingerprint density at radius 2 is 1.72 bits per heavy atom. The molecule has 1 aliphatic rings. The lowest BCUT2D eigenvalue weighted by Crippen LogP contribution is -2.29. The predicted molar refractivity (Wildman–Crippen MR) is 140 cm³/mol. The Balaban J connectivity index is 0.000000425. The van der Waals surface area contributed by atoms with E-state index in [1.165, 1.54) is 38.0 Å². The van der Waals surface area contributed by atoms with Crippen LogP contribution in [-0.4, -0.2) is 28.3 Å². The van der Waals surface area contributed by atoms with E-state index in [1.807, 2.05) is 20.8 Å². The first-order chi connectivity index (χ1) is 16.7. The van der Waals surface area contributed by atoms with Crippen molar-refractivity contribution in [1.29, 1.82) is 10.8 Å². The van der Waals surface area contributed by atoms with Crippen LogP contribution in [-0.2, 0) is 11.2 Å². The average molecular weight is 501 g/mol. The Hall–Kier alpha value is -2.93. The summed E-state index contributed by atoms with van der Waals surface area (Å²) in [5, 5.41) is 24.5. The van der Waals surface area contributed by atoms with Gasteiger partial charge >= 0.3 is 0 Å². The van der Waals surface area contributed by atoms with E-state index in [0.29, 0.717) is 23.5 Å². The SMILES string of the molecule is CC(C1CC1)C(C)(C)O.CCc1cc(F)cc(-c2ccc(C(=N)OC(C)=N)cc2F)c1C(=O)C(C)C. The fourth-order valence-corrected chi connectivity index (χ4v) is 3.99. The fourth-order valence-electron chi connectivity index (χ4n) is 3.99. The van der Waals surface area contributed by atoms with Gasteiger partial charge in [0.1, 0.15) is 11.6 Å². The maximum absolute atomic E-state index is 14.8. The van der Waals surface area contributed by atoms with Crippen LogP contribution in [0.15, 0.2) is 30.3 Å². The molecule has 7 heteroatoms. The van der Waals surface area contributed by atoms with Crippen molar-refractivity contribution in [3.8, 4) is 11.1 Å². The fraction of sp³-hybridized carbons (Fsp3) is 0.483. The highest BCUT2D eigenvalue weighted by atomic mass is 19.1. The lowest BCUT2D eigenvalue weighted by atomic mass is 9.87. The molecule has 3 N–H and O–H groups in total. The zero-order valence-electron chi connectivity index (χ0n) is 22.3. The maximum Gasteiger partial charge on any atom is 0.220 e. The topological polar surface area (TPSA) is 94.2 Å². The van der Waals surface area contributed by atoms with Gasteiger partial charge in [-0.25, -0.2) is 8.78 Å². The van der Waals surface area contributed by atoms with Crippen molar-refractivity contribution < 1.29 is 23.4 Å². The van der Waals surface area contributed by atoms with E-state index in [1.54, 1.807) is 13.8 Å². The van der Waals surface area contributed by atoms with Crippen LogP contribution in [0, 0.1) is 40.2 Å². The zero-order chi connectivity index (χ0) is 27.4. The predicted octanol–water partition coefficient (Wildman–Crippen LogP) is 7.18. The first-order valence-corrected chi connectivity index (χ1v) is 12.4. The van der Waals surface area contributed by atoms with Gasteiger partial charge in [-0.05, 0) is 80.3 Å². The quantitative estimate of drug-likeness (QED) is 0.214. The second-order valence-electron chi connectivity index (χ2n) is 10.3. The van der Waals surface area contributed by atoms with Gasteiger partial charge in [0.05, 0.1) is 5.60 Å². The van der Waals surface area contributed by atoms with Crippen molar-refractivity contribution in [2.24, 2.45) is 17.8 Å². The number of carbonyl (C=O) groups excluding carboxylic acids is 1. The van der Waals surface area contributed by atoms with Crippen molar-refractivity contribution >= 4 is 17.6 Å². The van der Waals surface area contributed by atoms with Crippen LogP contribution in [0.25, 0.3) is 11.1 Å². The van der Waals surface area contributed by atoms with E-state index in [9.17, 15) is 18.7 Å². The lowest BCUT2D eigenvalue weighted by molar-refractivity contribution is 0.0155. The minimum Gasteiger partial charge on any atom is -0.426 e. The normalized spacial score (nSPS) is 14.1. The minimum absolute atomic E-state index is 0.0799. The molecule has 0 aliphatic heterocycles. The number of ketones is 1. The molecule has 1 unspecified atom stereocenters. The maximum atomic E-state index is 14.8. The van der Waals surface area contributed by atoms with Crippen LogP contribution in [0.3, 0.4) is 0 Å². The van der Waals surface area contributed by atoms with Gasteiger partial charge in [-0.2, -0.15) is 0 Å². The van der Waals surface area contributed by atoms with Crippen LogP contribution >= 0.6 is 0 Å². The molecule has 1 atom stereocenters. The third-order valence-electron chi connectivity index (χ3n) is 6.56. The summed E-state index contributed by atoms with van der Waals surface area (Å²) in [7, 11) is 0. The van der Waals surface area contributed by atoms with Crippen LogP contribution in [0.1, 0.15) is 82.8 Å². The molecule has 5 nitrogen and oxygen atoms in total. The largest absolute Gasteiger partial charge is 0.426 e. The molecule has 0 saturated heterocycles. The van der Waals surface area contributed by atoms with E-state index < -0.39 is 17.2 Å². The molecule has 0 spiro atoms. The number of ether oxygens (including phenoxy) is 1. The number of halogens is 2. The molecule has 0 amide bonds. The summed E-state index contributed by atoms with van der Waals surface area (Å²) in [6.07, 6.45) is 3.09. The number of rotatable bonds is 7. The zero-order valence-corrected chi connectivity index (χ0v) is 22.3. The Kier molecular flexibility index (Phi) is 9.66. The molecule has 1 aliphatic carbocycles. The van der Waals surface area contributed by atoms with Crippen LogP contribution in [0.5, 0.6) is 0 Å². The average Bonchev–Trinajstić information content (AvgIpc) is 3.62. The van der Waals surface area contributed by atoms with Gasteiger partial charge in [-0.1, -0.05) is 33.8 Å². The van der Waals surface area contributed by atoms with Crippen LogP contribution in [0.2, 0.25) is 0 Å². The highest BCUT2D eigenvalue weighted by Crippen LogP contribution is 2.41. The first kappa shape index (κ1) is 29.3. The van der Waals surface area contributed by atoms with Crippen molar-refractivity contribution in [3.63, 3.8) is 0 Å². The van der Waals surface area contributed by atoms with Crippen LogP contribution in [0.4, 0.5) is 8.78 Å². The Bertz CT molecular complexity index is 1130. The van der Waals surface area contributed by atoms with E-state index in [-0.39, 0.29) is 40.2 Å². The van der Waals surface area contributed by atoms with E-state index in [4.69, 9.17) is 15.6 Å². The van der Waals surface area contributed by atoms with Crippen molar-refractivity contribution in [2.45, 2.75) is 73.3 Å². The monoisotopic (exact) mass is 500 g/mol. The molecule has 2 aromatic carbocycles. The number of benzene rings is 2. The number of carbonyl (C=O) groups is 1. The molecule has 36 heavy (non-hydrogen) atoms. The highest BCUT2D eigenvalue weighted by Gasteiger charge is 2.36. The van der Waals surface area contributed by atoms with E-state index >= 15 is 0 Å². The molecular formula is C29H38F2N2O3. The molecule has 0 heterocycles. The Morgan fingerprint density at radius 1 is 1.11 bits per heavy atom. The molecular weight excluding hydrogens is 462 g/mol. The van der Waals surface area contributed by atoms with Crippen molar-refractivity contribution in [1.82, 2.24) is 0 Å². The summed E-state index contributed by atoms with van der Waals surface area (Å²) in [5.74, 6) is -0.996. The highest BCUT2D eigenvalue weighted by molar-refractivity contribution is 6.05. The summed E-state index contributed by atoms with van der Waals surface area (Å²) in [6.45, 7) is 12.6. The number of hydrogen-bond acceptors (Lipinski definition) is 5. The molecule has 196 valence electrons. The third-order valence-corrected chi connectivity index (χ3v) is 6.56. The molecule has 3 rings (SSSR count). The van der Waals surface area contributed by atoms with Crippen LogP contribution < -0.4 is 0 Å². The second kappa shape index (κ2) is 11.9. The molecule has 0 bridgehead atoms. The third kappa shape index (κ3) is 7.53. The van der Waals surface area contributed by atoms with E-state index in [0.717, 1.165) is 18.1 Å². The molecule has 0 aromatic heterocycles. The Morgan fingerprint density at radius 3 is 2.14 bits per heavy atom. The summed E-state index contributed by atoms with van der Waals surface area (Å²) in [5.41, 5.74) is 0.819. The van der Waals surface area contributed by atoms with Gasteiger partial charge in [0.25, 0.3) is 0 Å². The van der Waals surface area contributed by atoms with Crippen molar-refractivity contribution in [2.75, 3.05) is 0 Å². The summed E-state index contributed by atoms with van der Waals surface area (Å²) < 4.78 is 33.8. The van der Waals surface area contributed by atoms with E-state index in [2.05, 4.69) is 6.92 Å². The van der Waals surface area contributed by atoms with Gasteiger partial charge in [-0.3, -0.25) is 15.6 Å². The Labute approximate surface area is 212 Å².